The van der Waals surface area contributed by atoms with Gasteiger partial charge in [-0.25, -0.2) is 9.18 Å². The molecule has 0 aliphatic rings. The summed E-state index contributed by atoms with van der Waals surface area (Å²) in [6.07, 6.45) is -5.79. The van der Waals surface area contributed by atoms with Gasteiger partial charge in [-0.1, -0.05) is 17.7 Å². The Bertz CT molecular complexity index is 821. The molecule has 0 atom stereocenters. The van der Waals surface area contributed by atoms with Gasteiger partial charge in [0, 0.05) is 5.02 Å². The summed E-state index contributed by atoms with van der Waals surface area (Å²) in [5.41, 5.74) is -1.08. The lowest BCUT2D eigenvalue weighted by molar-refractivity contribution is -0.139. The molecule has 0 amide bonds. The molecule has 9 heteroatoms. The monoisotopic (exact) mass is 392 g/mol. The second-order valence-electron chi connectivity index (χ2n) is 5.16. The Morgan fingerprint density at radius 1 is 1.19 bits per heavy atom. The van der Waals surface area contributed by atoms with Crippen molar-refractivity contribution in [3.8, 4) is 11.5 Å². The van der Waals surface area contributed by atoms with E-state index in [2.05, 4.69) is 4.74 Å². The van der Waals surface area contributed by atoms with Crippen molar-refractivity contribution in [2.75, 3.05) is 7.11 Å². The molecule has 0 heterocycles. The maximum Gasteiger partial charge on any atom is 0.513 e. The van der Waals surface area contributed by atoms with Crippen LogP contribution in [0.25, 0.3) is 0 Å². The third kappa shape index (κ3) is 4.57. The summed E-state index contributed by atoms with van der Waals surface area (Å²) in [5.74, 6) is -1.62. The number of halogens is 5. The Morgan fingerprint density at radius 2 is 1.88 bits per heavy atom. The SMILES string of the molecule is COC(=O)Oc1cccc(F)c1COc1cc(Cl)c(C)cc1C(F)(F)F. The van der Waals surface area contributed by atoms with Crippen LogP contribution in [0.5, 0.6) is 11.5 Å². The Balaban J connectivity index is 2.35. The molecule has 26 heavy (non-hydrogen) atoms. The van der Waals surface area contributed by atoms with Gasteiger partial charge in [0.25, 0.3) is 0 Å². The molecule has 0 spiro atoms. The fourth-order valence-corrected chi connectivity index (χ4v) is 2.21. The van der Waals surface area contributed by atoms with Crippen molar-refractivity contribution in [2.45, 2.75) is 19.7 Å². The van der Waals surface area contributed by atoms with Crippen LogP contribution in [-0.2, 0) is 17.5 Å². The Labute approximate surface area is 151 Å². The van der Waals surface area contributed by atoms with E-state index in [0.29, 0.717) is 0 Å². The lowest BCUT2D eigenvalue weighted by Crippen LogP contribution is -2.12. The maximum absolute atomic E-state index is 14.0. The van der Waals surface area contributed by atoms with E-state index in [0.717, 1.165) is 25.3 Å². The molecule has 140 valence electrons. The summed E-state index contributed by atoms with van der Waals surface area (Å²) < 4.78 is 67.8. The van der Waals surface area contributed by atoms with E-state index in [-0.39, 0.29) is 21.9 Å². The van der Waals surface area contributed by atoms with Crippen molar-refractivity contribution in [3.05, 3.63) is 57.9 Å². The number of aryl methyl sites for hydroxylation is 1. The summed E-state index contributed by atoms with van der Waals surface area (Å²) in [6, 6.07) is 5.41. The molecule has 0 saturated carbocycles. The van der Waals surface area contributed by atoms with Gasteiger partial charge in [0.1, 0.15) is 23.9 Å². The number of alkyl halides is 3. The van der Waals surface area contributed by atoms with Gasteiger partial charge < -0.3 is 14.2 Å². The normalized spacial score (nSPS) is 11.2. The third-order valence-corrected chi connectivity index (χ3v) is 3.78. The molecular weight excluding hydrogens is 380 g/mol. The number of carbonyl (C=O) groups is 1. The number of ether oxygens (including phenoxy) is 3. The van der Waals surface area contributed by atoms with Gasteiger partial charge in [-0.05, 0) is 36.8 Å². The van der Waals surface area contributed by atoms with Gasteiger partial charge in [0.05, 0.1) is 18.2 Å². The quantitative estimate of drug-likeness (QED) is 0.390. The van der Waals surface area contributed by atoms with Crippen molar-refractivity contribution < 1.29 is 36.6 Å². The molecule has 0 fully saturated rings. The van der Waals surface area contributed by atoms with Crippen molar-refractivity contribution >= 4 is 17.8 Å². The first-order chi connectivity index (χ1) is 12.1. The topological polar surface area (TPSA) is 44.8 Å². The third-order valence-electron chi connectivity index (χ3n) is 3.37. The number of methoxy groups -OCH3 is 1. The van der Waals surface area contributed by atoms with E-state index in [9.17, 15) is 22.4 Å². The lowest BCUT2D eigenvalue weighted by atomic mass is 10.1. The molecule has 0 saturated heterocycles. The fraction of sp³-hybridized carbons (Fsp3) is 0.235. The number of carbonyl (C=O) groups excluding carboxylic acids is 1. The van der Waals surface area contributed by atoms with E-state index in [4.69, 9.17) is 21.1 Å². The van der Waals surface area contributed by atoms with Crippen LogP contribution < -0.4 is 9.47 Å². The van der Waals surface area contributed by atoms with Crippen molar-refractivity contribution in [1.82, 2.24) is 0 Å². The maximum atomic E-state index is 14.0. The minimum atomic E-state index is -4.69. The summed E-state index contributed by atoms with van der Waals surface area (Å²) >= 11 is 5.86. The summed E-state index contributed by atoms with van der Waals surface area (Å²) in [7, 11) is 1.06. The smallest absolute Gasteiger partial charge is 0.488 e. The molecule has 0 unspecified atom stereocenters. The first kappa shape index (κ1) is 19.8. The van der Waals surface area contributed by atoms with E-state index in [1.54, 1.807) is 0 Å². The molecule has 2 rings (SSSR count). The van der Waals surface area contributed by atoms with Crippen LogP contribution in [0.15, 0.2) is 30.3 Å². The first-order valence-corrected chi connectivity index (χ1v) is 7.54. The molecule has 2 aromatic carbocycles. The zero-order valence-electron chi connectivity index (χ0n) is 13.6. The second kappa shape index (κ2) is 7.82. The van der Waals surface area contributed by atoms with Gasteiger partial charge in [-0.2, -0.15) is 13.2 Å². The Morgan fingerprint density at radius 3 is 2.50 bits per heavy atom. The van der Waals surface area contributed by atoms with Crippen LogP contribution in [0.2, 0.25) is 5.02 Å². The zero-order chi connectivity index (χ0) is 19.5. The molecule has 0 aromatic heterocycles. The summed E-state index contributed by atoms with van der Waals surface area (Å²) in [4.78, 5) is 11.2. The van der Waals surface area contributed by atoms with Crippen LogP contribution in [0.3, 0.4) is 0 Å². The highest BCUT2D eigenvalue weighted by Gasteiger charge is 2.35. The van der Waals surface area contributed by atoms with Gasteiger partial charge in [0.15, 0.2) is 0 Å². The lowest BCUT2D eigenvalue weighted by Gasteiger charge is -2.17. The average Bonchev–Trinajstić information content (AvgIpc) is 2.56. The predicted octanol–water partition coefficient (Wildman–Crippen LogP) is 5.53. The molecular formula is C17H13ClF4O4. The van der Waals surface area contributed by atoms with E-state index >= 15 is 0 Å². The highest BCUT2D eigenvalue weighted by Crippen LogP contribution is 2.39. The van der Waals surface area contributed by atoms with Gasteiger partial charge in [-0.3, -0.25) is 0 Å². The minimum absolute atomic E-state index is 0.0626. The number of hydrogen-bond donors (Lipinski definition) is 0. The minimum Gasteiger partial charge on any atom is -0.488 e. The van der Waals surface area contributed by atoms with Gasteiger partial charge >= 0.3 is 12.3 Å². The summed E-state index contributed by atoms with van der Waals surface area (Å²) in [5, 5.41) is 0.0626. The van der Waals surface area contributed by atoms with Crippen LogP contribution in [0.1, 0.15) is 16.7 Å². The van der Waals surface area contributed by atoms with Gasteiger partial charge in [-0.15, -0.1) is 0 Å². The van der Waals surface area contributed by atoms with Crippen molar-refractivity contribution in [2.24, 2.45) is 0 Å². The second-order valence-corrected chi connectivity index (χ2v) is 5.56. The standard InChI is InChI=1S/C17H13ClF4O4/c1-9-6-11(17(20,21)22)15(7-12(9)18)25-8-10-13(19)4-3-5-14(10)26-16(23)24-2/h3-7H,8H2,1-2H3. The number of hydrogen-bond acceptors (Lipinski definition) is 4. The number of rotatable bonds is 4. The zero-order valence-corrected chi connectivity index (χ0v) is 14.4. The van der Waals surface area contributed by atoms with E-state index < -0.39 is 36.1 Å². The highest BCUT2D eigenvalue weighted by atomic mass is 35.5. The molecule has 0 aliphatic heterocycles. The summed E-state index contributed by atoms with van der Waals surface area (Å²) in [6.45, 7) is 0.794. The van der Waals surface area contributed by atoms with Crippen LogP contribution >= 0.6 is 11.6 Å². The van der Waals surface area contributed by atoms with Crippen LogP contribution in [0, 0.1) is 12.7 Å². The molecule has 0 aliphatic carbocycles. The average molecular weight is 393 g/mol. The molecule has 0 N–H and O–H groups in total. The first-order valence-electron chi connectivity index (χ1n) is 7.16. The molecule has 2 aromatic rings. The Hall–Kier alpha value is -2.48. The predicted molar refractivity (Wildman–Crippen MR) is 85.0 cm³/mol. The molecule has 0 radical (unpaired) electrons. The van der Waals surface area contributed by atoms with Gasteiger partial charge in [0.2, 0.25) is 0 Å². The van der Waals surface area contributed by atoms with E-state index in [1.165, 1.54) is 19.1 Å². The largest absolute Gasteiger partial charge is 0.513 e. The molecule has 0 bridgehead atoms. The Kier molecular flexibility index (Phi) is 5.97. The van der Waals surface area contributed by atoms with E-state index in [1.807, 2.05) is 0 Å². The van der Waals surface area contributed by atoms with Crippen molar-refractivity contribution in [1.29, 1.82) is 0 Å². The fourth-order valence-electron chi connectivity index (χ4n) is 2.06. The molecule has 4 nitrogen and oxygen atoms in total. The highest BCUT2D eigenvalue weighted by molar-refractivity contribution is 6.31. The number of benzene rings is 2. The van der Waals surface area contributed by atoms with Crippen LogP contribution in [0.4, 0.5) is 22.4 Å². The van der Waals surface area contributed by atoms with Crippen molar-refractivity contribution in [3.63, 3.8) is 0 Å². The van der Waals surface area contributed by atoms with Crippen LogP contribution in [-0.4, -0.2) is 13.3 Å².